The van der Waals surface area contributed by atoms with E-state index in [4.69, 9.17) is 15.2 Å². The molecule has 0 bridgehead atoms. The van der Waals surface area contributed by atoms with Crippen molar-refractivity contribution < 1.29 is 9.47 Å². The van der Waals surface area contributed by atoms with Crippen LogP contribution >= 0.6 is 0 Å². The summed E-state index contributed by atoms with van der Waals surface area (Å²) < 4.78 is 12.4. The first kappa shape index (κ1) is 15.3. The number of fused-ring (bicyclic) bond motifs is 5. The van der Waals surface area contributed by atoms with Crippen LogP contribution in [0.25, 0.3) is 32.4 Å². The Kier molecular flexibility index (Phi) is 3.32. The zero-order valence-corrected chi connectivity index (χ0v) is 14.3. The second-order valence-corrected chi connectivity index (χ2v) is 6.02. The number of anilines is 1. The lowest BCUT2D eigenvalue weighted by Gasteiger charge is -2.15. The molecule has 126 valence electrons. The normalized spacial score (nSPS) is 11.3. The molecule has 5 heteroatoms. The van der Waals surface area contributed by atoms with Crippen molar-refractivity contribution in [3.63, 3.8) is 0 Å². The molecule has 2 N–H and O–H groups in total. The highest BCUT2D eigenvalue weighted by Gasteiger charge is 2.16. The topological polar surface area (TPSA) is 66.5 Å². The summed E-state index contributed by atoms with van der Waals surface area (Å²) in [6, 6.07) is 13.3. The van der Waals surface area contributed by atoms with Crippen LogP contribution in [0, 0.1) is 0 Å². The third kappa shape index (κ3) is 2.05. The molecule has 0 aliphatic carbocycles. The van der Waals surface area contributed by atoms with E-state index in [0.29, 0.717) is 22.6 Å². The Hall–Kier alpha value is -3.21. The number of nitrogens with two attached hydrogens (primary N) is 1. The van der Waals surface area contributed by atoms with Crippen LogP contribution in [0.3, 0.4) is 0 Å². The molecule has 0 unspecified atom stereocenters. The van der Waals surface area contributed by atoms with Gasteiger partial charge in [-0.05, 0) is 18.2 Å². The van der Waals surface area contributed by atoms with Gasteiger partial charge in [0.25, 0.3) is 5.56 Å². The summed E-state index contributed by atoms with van der Waals surface area (Å²) in [6.07, 6.45) is 0. The maximum atomic E-state index is 13.0. The van der Waals surface area contributed by atoms with Crippen molar-refractivity contribution in [2.75, 3.05) is 20.0 Å². The first-order valence-electron chi connectivity index (χ1n) is 7.92. The maximum Gasteiger partial charge on any atom is 0.258 e. The Morgan fingerprint density at radius 3 is 2.08 bits per heavy atom. The van der Waals surface area contributed by atoms with Gasteiger partial charge in [-0.15, -0.1) is 0 Å². The molecule has 0 spiro atoms. The number of pyridine rings is 1. The molecule has 0 fully saturated rings. The highest BCUT2D eigenvalue weighted by molar-refractivity contribution is 6.18. The van der Waals surface area contributed by atoms with Crippen LogP contribution in [0.4, 0.5) is 5.69 Å². The standard InChI is InChI=1S/C20H18N2O3/c1-22-19-12-7-5-4-6-11(12)16(21)8-14(19)13-9-17(24-2)18(25-3)10-15(13)20(22)23/h4-10H,21H2,1-3H3. The number of nitrogens with zero attached hydrogens (tertiary/aromatic N) is 1. The Morgan fingerprint density at radius 1 is 0.840 bits per heavy atom. The van der Waals surface area contributed by atoms with Crippen LogP contribution in [0.5, 0.6) is 11.5 Å². The molecule has 1 heterocycles. The minimum absolute atomic E-state index is 0.0848. The van der Waals surface area contributed by atoms with E-state index in [0.717, 1.165) is 27.1 Å². The molecular formula is C20H18N2O3. The number of aromatic nitrogens is 1. The summed E-state index contributed by atoms with van der Waals surface area (Å²) >= 11 is 0. The molecule has 0 saturated heterocycles. The molecule has 1 aromatic heterocycles. The van der Waals surface area contributed by atoms with E-state index in [1.807, 2.05) is 36.4 Å². The number of aryl methyl sites for hydroxylation is 1. The molecule has 0 saturated carbocycles. The molecular weight excluding hydrogens is 316 g/mol. The van der Waals surface area contributed by atoms with Crippen LogP contribution < -0.4 is 20.8 Å². The zero-order chi connectivity index (χ0) is 17.7. The van der Waals surface area contributed by atoms with E-state index in [-0.39, 0.29) is 5.56 Å². The first-order valence-corrected chi connectivity index (χ1v) is 7.92. The van der Waals surface area contributed by atoms with Crippen LogP contribution in [0.2, 0.25) is 0 Å². The van der Waals surface area contributed by atoms with Crippen molar-refractivity contribution >= 4 is 38.1 Å². The Bertz CT molecular complexity index is 1210. The van der Waals surface area contributed by atoms with Crippen molar-refractivity contribution in [3.05, 3.63) is 52.8 Å². The summed E-state index contributed by atoms with van der Waals surface area (Å²) in [5.41, 5.74) is 7.73. The Morgan fingerprint density at radius 2 is 1.44 bits per heavy atom. The van der Waals surface area contributed by atoms with Gasteiger partial charge in [0, 0.05) is 34.3 Å². The number of hydrogen-bond donors (Lipinski definition) is 1. The SMILES string of the molecule is COc1cc2c(=O)n(C)c3c4ccccc4c(N)cc3c2cc1OC. The summed E-state index contributed by atoms with van der Waals surface area (Å²) in [7, 11) is 4.92. The van der Waals surface area contributed by atoms with E-state index in [1.54, 1.807) is 31.9 Å². The fourth-order valence-corrected chi connectivity index (χ4v) is 3.52. The third-order valence-electron chi connectivity index (χ3n) is 4.73. The highest BCUT2D eigenvalue weighted by atomic mass is 16.5. The lowest BCUT2D eigenvalue weighted by Crippen LogP contribution is -2.18. The van der Waals surface area contributed by atoms with Crippen molar-refractivity contribution in [2.45, 2.75) is 0 Å². The first-order chi connectivity index (χ1) is 12.1. The minimum Gasteiger partial charge on any atom is -0.493 e. The number of hydrogen-bond acceptors (Lipinski definition) is 4. The van der Waals surface area contributed by atoms with Gasteiger partial charge in [0.15, 0.2) is 11.5 Å². The Labute approximate surface area is 144 Å². The predicted octanol–water partition coefficient (Wildman–Crippen LogP) is 3.44. The average molecular weight is 334 g/mol. The van der Waals surface area contributed by atoms with E-state index in [9.17, 15) is 4.79 Å². The van der Waals surface area contributed by atoms with Gasteiger partial charge >= 0.3 is 0 Å². The van der Waals surface area contributed by atoms with Crippen molar-refractivity contribution in [1.29, 1.82) is 0 Å². The lowest BCUT2D eigenvalue weighted by atomic mass is 9.99. The molecule has 0 radical (unpaired) electrons. The molecule has 0 amide bonds. The third-order valence-corrected chi connectivity index (χ3v) is 4.73. The number of methoxy groups -OCH3 is 2. The summed E-state index contributed by atoms with van der Waals surface area (Å²) in [5, 5.41) is 4.17. The molecule has 5 nitrogen and oxygen atoms in total. The monoisotopic (exact) mass is 334 g/mol. The van der Waals surface area contributed by atoms with Crippen molar-refractivity contribution in [2.24, 2.45) is 7.05 Å². The number of ether oxygens (including phenoxy) is 2. The quantitative estimate of drug-likeness (QED) is 0.450. The van der Waals surface area contributed by atoms with Gasteiger partial charge in [0.05, 0.1) is 25.1 Å². The molecule has 3 aromatic carbocycles. The lowest BCUT2D eigenvalue weighted by molar-refractivity contribution is 0.356. The molecule has 4 rings (SSSR count). The van der Waals surface area contributed by atoms with Crippen molar-refractivity contribution in [3.8, 4) is 11.5 Å². The largest absolute Gasteiger partial charge is 0.493 e. The summed E-state index contributed by atoms with van der Waals surface area (Å²) in [5.74, 6) is 1.11. The number of nitrogen functional groups attached to an aromatic ring is 1. The highest BCUT2D eigenvalue weighted by Crippen LogP contribution is 2.37. The maximum absolute atomic E-state index is 13.0. The van der Waals surface area contributed by atoms with Gasteiger partial charge in [0.1, 0.15) is 0 Å². The smallest absolute Gasteiger partial charge is 0.258 e. The molecule has 0 aliphatic heterocycles. The van der Waals surface area contributed by atoms with Gasteiger partial charge < -0.3 is 19.8 Å². The van der Waals surface area contributed by atoms with E-state index >= 15 is 0 Å². The van der Waals surface area contributed by atoms with Gasteiger partial charge in [-0.3, -0.25) is 4.79 Å². The minimum atomic E-state index is -0.0848. The number of rotatable bonds is 2. The predicted molar refractivity (Wildman–Crippen MR) is 102 cm³/mol. The molecule has 0 aliphatic rings. The summed E-state index contributed by atoms with van der Waals surface area (Å²) in [6.45, 7) is 0. The number of benzene rings is 3. The second kappa shape index (κ2) is 5.41. The van der Waals surface area contributed by atoms with E-state index in [1.165, 1.54) is 0 Å². The second-order valence-electron chi connectivity index (χ2n) is 6.02. The zero-order valence-electron chi connectivity index (χ0n) is 14.3. The Balaban J connectivity index is 2.33. The van der Waals surface area contributed by atoms with E-state index in [2.05, 4.69) is 0 Å². The molecule has 4 aromatic rings. The average Bonchev–Trinajstić information content (AvgIpc) is 2.65. The summed E-state index contributed by atoms with van der Waals surface area (Å²) in [4.78, 5) is 13.0. The molecule has 25 heavy (non-hydrogen) atoms. The fourth-order valence-electron chi connectivity index (χ4n) is 3.52. The van der Waals surface area contributed by atoms with Crippen LogP contribution in [0.1, 0.15) is 0 Å². The van der Waals surface area contributed by atoms with Crippen LogP contribution in [-0.2, 0) is 7.05 Å². The van der Waals surface area contributed by atoms with Crippen LogP contribution in [-0.4, -0.2) is 18.8 Å². The van der Waals surface area contributed by atoms with Gasteiger partial charge in [0.2, 0.25) is 0 Å². The van der Waals surface area contributed by atoms with Crippen LogP contribution in [0.15, 0.2) is 47.3 Å². The fraction of sp³-hybridized carbons (Fsp3) is 0.150. The van der Waals surface area contributed by atoms with Gasteiger partial charge in [-0.2, -0.15) is 0 Å². The van der Waals surface area contributed by atoms with E-state index < -0.39 is 0 Å². The van der Waals surface area contributed by atoms with Gasteiger partial charge in [-0.25, -0.2) is 0 Å². The van der Waals surface area contributed by atoms with Gasteiger partial charge in [-0.1, -0.05) is 24.3 Å². The molecule has 0 atom stereocenters. The van der Waals surface area contributed by atoms with Crippen molar-refractivity contribution in [1.82, 2.24) is 4.57 Å².